The van der Waals surface area contributed by atoms with Crippen LogP contribution < -0.4 is 15.0 Å². The Kier molecular flexibility index (Phi) is 5.61. The van der Waals surface area contributed by atoms with Crippen molar-refractivity contribution in [1.82, 2.24) is 0 Å². The van der Waals surface area contributed by atoms with Gasteiger partial charge in [-0.05, 0) is 80.9 Å². The fourth-order valence-electron chi connectivity index (χ4n) is 5.38. The van der Waals surface area contributed by atoms with E-state index in [9.17, 15) is 4.79 Å². The Morgan fingerprint density at radius 1 is 0.838 bits per heavy atom. The van der Waals surface area contributed by atoms with Crippen LogP contribution in [0, 0.1) is 6.92 Å². The molecule has 1 N–H and O–H groups in total. The van der Waals surface area contributed by atoms with Gasteiger partial charge in [0, 0.05) is 57.9 Å². The Morgan fingerprint density at radius 2 is 1.54 bits per heavy atom. The quantitative estimate of drug-likeness (QED) is 0.277. The molecule has 1 spiro atoms. The first-order chi connectivity index (χ1) is 17.9. The van der Waals surface area contributed by atoms with E-state index in [1.807, 2.05) is 55.5 Å². The van der Waals surface area contributed by atoms with Crippen LogP contribution in [-0.4, -0.2) is 19.1 Å². The summed E-state index contributed by atoms with van der Waals surface area (Å²) in [5.74, 6) is 0.893. The van der Waals surface area contributed by atoms with E-state index in [0.717, 1.165) is 46.7 Å². The van der Waals surface area contributed by atoms with Crippen molar-refractivity contribution in [3.63, 3.8) is 0 Å². The summed E-state index contributed by atoms with van der Waals surface area (Å²) in [6, 6.07) is 25.6. The Labute approximate surface area is 221 Å². The maximum atomic E-state index is 13.0. The number of hydrogen-bond acceptors (Lipinski definition) is 5. The highest BCUT2D eigenvalue weighted by atomic mass is 35.5. The summed E-state index contributed by atoms with van der Waals surface area (Å²) >= 11 is 6.55. The van der Waals surface area contributed by atoms with Gasteiger partial charge < -0.3 is 19.7 Å². The van der Waals surface area contributed by atoms with Crippen LogP contribution >= 0.6 is 11.6 Å². The van der Waals surface area contributed by atoms with E-state index in [4.69, 9.17) is 21.1 Å². The lowest BCUT2D eigenvalue weighted by Gasteiger charge is -2.37. The number of nitrogens with zero attached hydrogens (tertiary/aromatic N) is 1. The van der Waals surface area contributed by atoms with Gasteiger partial charge in [-0.1, -0.05) is 29.8 Å². The summed E-state index contributed by atoms with van der Waals surface area (Å²) in [6.45, 7) is 8.18. The Morgan fingerprint density at radius 3 is 2.30 bits per heavy atom. The van der Waals surface area contributed by atoms with Crippen LogP contribution in [0.15, 0.2) is 78.9 Å². The summed E-state index contributed by atoms with van der Waals surface area (Å²) in [7, 11) is 0. The minimum Gasteiger partial charge on any atom is -0.456 e. The number of hydrogen-bond donors (Lipinski definition) is 1. The molecule has 6 rings (SSSR count). The summed E-state index contributed by atoms with van der Waals surface area (Å²) < 4.78 is 12.6. The maximum Gasteiger partial charge on any atom is 0.340 e. The minimum absolute atomic E-state index is 0.360. The molecule has 0 saturated carbocycles. The van der Waals surface area contributed by atoms with Crippen molar-refractivity contribution in [2.75, 3.05) is 23.3 Å². The lowest BCUT2D eigenvalue weighted by molar-refractivity contribution is 0.0224. The van der Waals surface area contributed by atoms with Crippen LogP contribution in [-0.2, 0) is 10.3 Å². The SMILES string of the molecule is CCN(CC)c1ccc(Nc2ccc3c(c2)Oc2cc(C)c(Cl)cc2C32OC(=O)c3ccccc32)cc1. The van der Waals surface area contributed by atoms with Crippen molar-refractivity contribution >= 4 is 34.6 Å². The average molecular weight is 511 g/mol. The van der Waals surface area contributed by atoms with E-state index < -0.39 is 5.60 Å². The van der Waals surface area contributed by atoms with Crippen molar-refractivity contribution in [2.45, 2.75) is 26.4 Å². The number of nitrogens with one attached hydrogen (secondary N) is 1. The average Bonchev–Trinajstić information content (AvgIpc) is 3.20. The molecule has 4 aromatic carbocycles. The minimum atomic E-state index is -1.13. The van der Waals surface area contributed by atoms with Gasteiger partial charge in [0.25, 0.3) is 0 Å². The summed E-state index contributed by atoms with van der Waals surface area (Å²) in [5.41, 5.74) is 5.63. The Balaban J connectivity index is 1.44. The molecule has 2 aliphatic heterocycles. The van der Waals surface area contributed by atoms with Crippen LogP contribution in [0.25, 0.3) is 0 Å². The first-order valence-electron chi connectivity index (χ1n) is 12.5. The lowest BCUT2D eigenvalue weighted by atomic mass is 9.77. The zero-order valence-electron chi connectivity index (χ0n) is 21.0. The van der Waals surface area contributed by atoms with Crippen LogP contribution in [0.5, 0.6) is 11.5 Å². The molecule has 0 radical (unpaired) electrons. The van der Waals surface area contributed by atoms with Gasteiger partial charge in [0.1, 0.15) is 11.5 Å². The fourth-order valence-corrected chi connectivity index (χ4v) is 5.55. The second-order valence-corrected chi connectivity index (χ2v) is 9.78. The maximum absolute atomic E-state index is 13.0. The van der Waals surface area contributed by atoms with E-state index >= 15 is 0 Å². The van der Waals surface area contributed by atoms with Crippen molar-refractivity contribution in [1.29, 1.82) is 0 Å². The molecule has 1 atom stereocenters. The van der Waals surface area contributed by atoms with Gasteiger partial charge in [0.15, 0.2) is 5.60 Å². The third kappa shape index (κ3) is 3.65. The predicted molar refractivity (Wildman–Crippen MR) is 148 cm³/mol. The highest BCUT2D eigenvalue weighted by molar-refractivity contribution is 6.31. The first kappa shape index (κ1) is 23.4. The molecule has 37 heavy (non-hydrogen) atoms. The number of anilines is 3. The van der Waals surface area contributed by atoms with Gasteiger partial charge >= 0.3 is 5.97 Å². The highest BCUT2D eigenvalue weighted by Crippen LogP contribution is 2.57. The van der Waals surface area contributed by atoms with Crippen molar-refractivity contribution in [3.8, 4) is 11.5 Å². The van der Waals surface area contributed by atoms with Gasteiger partial charge in [-0.15, -0.1) is 0 Å². The van der Waals surface area contributed by atoms with E-state index in [-0.39, 0.29) is 5.97 Å². The number of halogens is 1. The van der Waals surface area contributed by atoms with E-state index in [1.165, 1.54) is 5.69 Å². The van der Waals surface area contributed by atoms with Crippen LogP contribution in [0.3, 0.4) is 0 Å². The summed E-state index contributed by atoms with van der Waals surface area (Å²) in [5, 5.41) is 4.07. The molecule has 2 heterocycles. The number of esters is 1. The first-order valence-corrected chi connectivity index (χ1v) is 12.9. The van der Waals surface area contributed by atoms with Gasteiger partial charge in [0.2, 0.25) is 0 Å². The zero-order valence-corrected chi connectivity index (χ0v) is 21.7. The fraction of sp³-hybridized carbons (Fsp3) is 0.194. The molecule has 0 fully saturated rings. The van der Waals surface area contributed by atoms with Gasteiger partial charge in [-0.3, -0.25) is 0 Å². The van der Waals surface area contributed by atoms with Crippen LogP contribution in [0.2, 0.25) is 5.02 Å². The van der Waals surface area contributed by atoms with E-state index in [2.05, 4.69) is 48.3 Å². The standard InChI is InChI=1S/C31H27ClN2O3/c1-4-34(5-2)22-13-10-20(11-14-22)33-21-12-15-25-29(17-21)36-28-16-19(3)27(32)18-26(28)31(25)24-9-7-6-8-23(24)30(35)37-31/h6-18,33H,4-5H2,1-3H3. The smallest absolute Gasteiger partial charge is 0.340 e. The summed E-state index contributed by atoms with van der Waals surface area (Å²) in [6.07, 6.45) is 0. The van der Waals surface area contributed by atoms with Gasteiger partial charge in [0.05, 0.1) is 5.56 Å². The Bertz CT molecular complexity index is 1530. The molecule has 0 aromatic heterocycles. The summed E-state index contributed by atoms with van der Waals surface area (Å²) in [4.78, 5) is 15.3. The number of fused-ring (bicyclic) bond motifs is 6. The normalized spacial score (nSPS) is 16.9. The van der Waals surface area contributed by atoms with E-state index in [1.54, 1.807) is 6.07 Å². The molecular weight excluding hydrogens is 484 g/mol. The predicted octanol–water partition coefficient (Wildman–Crippen LogP) is 7.81. The number of rotatable bonds is 5. The molecule has 0 amide bonds. The zero-order chi connectivity index (χ0) is 25.7. The number of aryl methyl sites for hydroxylation is 1. The van der Waals surface area contributed by atoms with Crippen LogP contribution in [0.1, 0.15) is 46.5 Å². The molecular formula is C31H27ClN2O3. The van der Waals surface area contributed by atoms with Crippen molar-refractivity contribution in [2.24, 2.45) is 0 Å². The second-order valence-electron chi connectivity index (χ2n) is 9.37. The third-order valence-electron chi connectivity index (χ3n) is 7.28. The number of benzene rings is 4. The van der Waals surface area contributed by atoms with Crippen LogP contribution in [0.4, 0.5) is 17.1 Å². The van der Waals surface area contributed by atoms with Gasteiger partial charge in [-0.2, -0.15) is 0 Å². The number of carbonyl (C=O) groups is 1. The largest absolute Gasteiger partial charge is 0.456 e. The molecule has 0 aliphatic carbocycles. The van der Waals surface area contributed by atoms with E-state index in [0.29, 0.717) is 22.1 Å². The van der Waals surface area contributed by atoms with Crippen molar-refractivity contribution in [3.05, 3.63) is 112 Å². The highest BCUT2D eigenvalue weighted by Gasteiger charge is 2.53. The molecule has 6 heteroatoms. The number of ether oxygens (including phenoxy) is 2. The molecule has 186 valence electrons. The second kappa shape index (κ2) is 8.86. The van der Waals surface area contributed by atoms with Crippen molar-refractivity contribution < 1.29 is 14.3 Å². The molecule has 2 aliphatic rings. The molecule has 1 unspecified atom stereocenters. The Hall–Kier alpha value is -3.96. The van der Waals surface area contributed by atoms with Gasteiger partial charge in [-0.25, -0.2) is 4.79 Å². The topological polar surface area (TPSA) is 50.8 Å². The lowest BCUT2D eigenvalue weighted by Crippen LogP contribution is -2.33. The molecule has 0 bridgehead atoms. The molecule has 4 aromatic rings. The third-order valence-corrected chi connectivity index (χ3v) is 7.68. The monoisotopic (exact) mass is 510 g/mol. The molecule has 5 nitrogen and oxygen atoms in total. The number of carbonyl (C=O) groups excluding carboxylic acids is 1. The molecule has 0 saturated heterocycles.